The van der Waals surface area contributed by atoms with Crippen LogP contribution in [0.5, 0.6) is 0 Å². The van der Waals surface area contributed by atoms with Crippen LogP contribution in [0.25, 0.3) is 55.7 Å². The van der Waals surface area contributed by atoms with Crippen molar-refractivity contribution >= 4 is 23.1 Å². The zero-order valence-electron chi connectivity index (χ0n) is 31.5. The number of esters is 2. The lowest BCUT2D eigenvalue weighted by atomic mass is 9.90. The summed E-state index contributed by atoms with van der Waals surface area (Å²) >= 11 is 0. The van der Waals surface area contributed by atoms with Gasteiger partial charge in [0.05, 0.1) is 0 Å². The molecule has 2 atom stereocenters. The molecule has 0 heterocycles. The molecule has 0 radical (unpaired) electrons. The molecular weight excluding hydrogens is 729 g/mol. The number of hydrogen-bond acceptors (Lipinski definition) is 4. The van der Waals surface area contributed by atoms with Gasteiger partial charge in [-0.3, -0.25) is 4.79 Å². The van der Waals surface area contributed by atoms with E-state index in [-0.39, 0.29) is 0 Å². The summed E-state index contributed by atoms with van der Waals surface area (Å²) < 4.78 is 60.6. The number of halogens is 4. The molecule has 0 N–H and O–H groups in total. The first-order chi connectivity index (χ1) is 27.4. The van der Waals surface area contributed by atoms with Crippen molar-refractivity contribution in [3.63, 3.8) is 0 Å². The second kappa shape index (κ2) is 16.8. The van der Waals surface area contributed by atoms with Gasteiger partial charge in [-0.15, -0.1) is 0 Å². The SMILES string of the molecule is Cc1cc(-c2ccc(-c3ccc(C4=CC(OC(=O)CC(F)(F)F)CC=C4)cc3)cc2)c(C)cc1-c1ccc(-c2ccc(C3=CC(OC(=O)CF)CC=C3)cc2)cc1. The second-order valence-corrected chi connectivity index (χ2v) is 14.3. The van der Waals surface area contributed by atoms with Gasteiger partial charge in [0.2, 0.25) is 0 Å². The van der Waals surface area contributed by atoms with Crippen LogP contribution in [0.2, 0.25) is 0 Å². The fourth-order valence-corrected chi connectivity index (χ4v) is 7.26. The van der Waals surface area contributed by atoms with Crippen molar-refractivity contribution < 1.29 is 36.6 Å². The Morgan fingerprint density at radius 2 is 0.877 bits per heavy atom. The highest BCUT2D eigenvalue weighted by molar-refractivity contribution is 5.82. The van der Waals surface area contributed by atoms with Crippen LogP contribution in [0.15, 0.2) is 146 Å². The Hall–Kier alpha value is -6.28. The van der Waals surface area contributed by atoms with Crippen LogP contribution >= 0.6 is 0 Å². The summed E-state index contributed by atoms with van der Waals surface area (Å²) in [5, 5.41) is 0. The third-order valence-electron chi connectivity index (χ3n) is 10.1. The molecule has 0 spiro atoms. The quantitative estimate of drug-likeness (QED) is 0.105. The maximum Gasteiger partial charge on any atom is 0.399 e. The van der Waals surface area contributed by atoms with Crippen LogP contribution in [0.1, 0.15) is 41.5 Å². The van der Waals surface area contributed by atoms with E-state index in [4.69, 9.17) is 9.47 Å². The number of carbonyl (C=O) groups is 2. The molecule has 0 fully saturated rings. The maximum absolute atomic E-state index is 12.6. The molecule has 288 valence electrons. The third-order valence-corrected chi connectivity index (χ3v) is 10.1. The summed E-state index contributed by atoms with van der Waals surface area (Å²) in [6, 6.07) is 37.6. The molecule has 0 aromatic heterocycles. The molecule has 0 saturated carbocycles. The number of ether oxygens (including phenoxy) is 2. The molecule has 0 amide bonds. The minimum atomic E-state index is -4.60. The molecule has 5 aromatic rings. The molecule has 4 nitrogen and oxygen atoms in total. The van der Waals surface area contributed by atoms with Crippen molar-refractivity contribution in [2.24, 2.45) is 0 Å². The van der Waals surface area contributed by atoms with E-state index in [2.05, 4.69) is 86.6 Å². The molecular formula is C49H40F4O4. The van der Waals surface area contributed by atoms with Crippen molar-refractivity contribution in [1.29, 1.82) is 0 Å². The molecule has 2 unspecified atom stereocenters. The molecule has 2 aliphatic carbocycles. The molecule has 0 aliphatic heterocycles. The Morgan fingerprint density at radius 3 is 1.23 bits per heavy atom. The molecule has 5 aromatic carbocycles. The molecule has 0 saturated heterocycles. The number of carbonyl (C=O) groups excluding carboxylic acids is 2. The molecule has 7 rings (SSSR count). The van der Waals surface area contributed by atoms with Crippen LogP contribution in [0.4, 0.5) is 17.6 Å². The molecule has 8 heteroatoms. The summed E-state index contributed by atoms with van der Waals surface area (Å²) in [6.45, 7) is 3.12. The average molecular weight is 769 g/mol. The van der Waals surface area contributed by atoms with Crippen molar-refractivity contribution in [3.05, 3.63) is 168 Å². The molecule has 2 aliphatic rings. The predicted octanol–water partition coefficient (Wildman–Crippen LogP) is 12.4. The zero-order valence-corrected chi connectivity index (χ0v) is 31.5. The van der Waals surface area contributed by atoms with Gasteiger partial charge in [0.1, 0.15) is 18.6 Å². The smallest absolute Gasteiger partial charge is 0.399 e. The minimum absolute atomic E-state index is 0.331. The van der Waals surface area contributed by atoms with Crippen molar-refractivity contribution in [1.82, 2.24) is 0 Å². The fraction of sp³-hybridized carbons (Fsp3) is 0.184. The summed E-state index contributed by atoms with van der Waals surface area (Å²) in [7, 11) is 0. The van der Waals surface area contributed by atoms with Crippen molar-refractivity contribution in [2.45, 2.75) is 51.5 Å². The van der Waals surface area contributed by atoms with Gasteiger partial charge >= 0.3 is 18.1 Å². The molecule has 0 bridgehead atoms. The van der Waals surface area contributed by atoms with Crippen LogP contribution in [-0.2, 0) is 19.1 Å². The second-order valence-electron chi connectivity index (χ2n) is 14.3. The number of hydrogen-bond donors (Lipinski definition) is 0. The van der Waals surface area contributed by atoms with Crippen LogP contribution in [0, 0.1) is 13.8 Å². The lowest BCUT2D eigenvalue weighted by Crippen LogP contribution is -2.22. The van der Waals surface area contributed by atoms with Crippen LogP contribution in [-0.4, -0.2) is 37.0 Å². The van der Waals surface area contributed by atoms with Crippen LogP contribution < -0.4 is 0 Å². The van der Waals surface area contributed by atoms with E-state index < -0.39 is 43.4 Å². The third kappa shape index (κ3) is 9.58. The van der Waals surface area contributed by atoms with E-state index in [1.807, 2.05) is 60.7 Å². The Morgan fingerprint density at radius 1 is 0.544 bits per heavy atom. The average Bonchev–Trinajstić information content (AvgIpc) is 3.21. The van der Waals surface area contributed by atoms with E-state index in [9.17, 15) is 27.2 Å². The number of allylic oxidation sites excluding steroid dienone is 4. The maximum atomic E-state index is 12.6. The van der Waals surface area contributed by atoms with E-state index in [0.717, 1.165) is 66.8 Å². The Kier molecular flexibility index (Phi) is 11.5. The van der Waals surface area contributed by atoms with E-state index in [1.165, 1.54) is 11.1 Å². The van der Waals surface area contributed by atoms with Gasteiger partial charge in [-0.25, -0.2) is 9.18 Å². The summed E-state index contributed by atoms with van der Waals surface area (Å²) in [5.41, 5.74) is 14.7. The standard InChI is InChI=1S/C49H40F4O4/c1-31-26-46(40-23-19-36(20-24-40)34-11-15-38(16-12-34)42-6-4-8-44(28-42)57-48(55)30-50)32(2)25-45(31)39-21-17-35(18-22-39)33-9-13-37(14-10-33)41-5-3-7-43(27-41)56-47(54)29-49(51,52)53/h3-6,9-28,43-44H,7-8,29-30H2,1-2H3. The number of aryl methyl sites for hydroxylation is 2. The topological polar surface area (TPSA) is 52.6 Å². The summed E-state index contributed by atoms with van der Waals surface area (Å²) in [6.07, 6.45) is 4.61. The summed E-state index contributed by atoms with van der Waals surface area (Å²) in [4.78, 5) is 23.1. The largest absolute Gasteiger partial charge is 0.458 e. The Labute approximate surface area is 329 Å². The van der Waals surface area contributed by atoms with Crippen molar-refractivity contribution in [2.75, 3.05) is 6.67 Å². The lowest BCUT2D eigenvalue weighted by Gasteiger charge is -2.18. The summed E-state index contributed by atoms with van der Waals surface area (Å²) in [5.74, 6) is -2.13. The van der Waals surface area contributed by atoms with E-state index in [1.54, 1.807) is 12.2 Å². The first-order valence-electron chi connectivity index (χ1n) is 18.7. The predicted molar refractivity (Wildman–Crippen MR) is 218 cm³/mol. The van der Waals surface area contributed by atoms with Gasteiger partial charge in [-0.05, 0) is 104 Å². The highest BCUT2D eigenvalue weighted by Gasteiger charge is 2.33. The van der Waals surface area contributed by atoms with Gasteiger partial charge < -0.3 is 9.47 Å². The first kappa shape index (κ1) is 39.0. The van der Waals surface area contributed by atoms with Crippen molar-refractivity contribution in [3.8, 4) is 44.5 Å². The monoisotopic (exact) mass is 768 g/mol. The Bertz CT molecular complexity index is 2380. The first-order valence-corrected chi connectivity index (χ1v) is 18.7. The minimum Gasteiger partial charge on any atom is -0.458 e. The number of rotatable bonds is 10. The highest BCUT2D eigenvalue weighted by atomic mass is 19.4. The Balaban J connectivity index is 1.00. The zero-order chi connectivity index (χ0) is 40.1. The normalized spacial score (nSPS) is 16.5. The van der Waals surface area contributed by atoms with Gasteiger partial charge in [0.25, 0.3) is 0 Å². The van der Waals surface area contributed by atoms with Gasteiger partial charge in [0, 0.05) is 12.8 Å². The number of benzene rings is 5. The van der Waals surface area contributed by atoms with Crippen LogP contribution in [0.3, 0.4) is 0 Å². The fourth-order valence-electron chi connectivity index (χ4n) is 7.26. The van der Waals surface area contributed by atoms with Gasteiger partial charge in [0.15, 0.2) is 6.67 Å². The lowest BCUT2D eigenvalue weighted by molar-refractivity contribution is -0.173. The van der Waals surface area contributed by atoms with E-state index >= 15 is 0 Å². The highest BCUT2D eigenvalue weighted by Crippen LogP contribution is 2.35. The van der Waals surface area contributed by atoms with E-state index in [0.29, 0.717) is 12.8 Å². The number of alkyl halides is 4. The van der Waals surface area contributed by atoms with Gasteiger partial charge in [-0.2, -0.15) is 13.2 Å². The molecule has 57 heavy (non-hydrogen) atoms. The van der Waals surface area contributed by atoms with Gasteiger partial charge in [-0.1, -0.05) is 133 Å².